The first kappa shape index (κ1) is 19.9. The van der Waals surface area contributed by atoms with Crippen molar-refractivity contribution in [2.45, 2.75) is 25.6 Å². The number of nitrogens with zero attached hydrogens (tertiary/aromatic N) is 3. The first-order valence-corrected chi connectivity index (χ1v) is 7.30. The van der Waals surface area contributed by atoms with Gasteiger partial charge in [-0.1, -0.05) is 11.6 Å². The van der Waals surface area contributed by atoms with Crippen LogP contribution >= 0.6 is 11.6 Å². The lowest BCUT2D eigenvalue weighted by Crippen LogP contribution is -2.45. The van der Waals surface area contributed by atoms with Gasteiger partial charge in [0, 0.05) is 19.0 Å². The minimum absolute atomic E-state index is 0.0731. The number of alkyl halides is 3. The van der Waals surface area contributed by atoms with Crippen molar-refractivity contribution >= 4 is 34.8 Å². The number of ether oxygens (including phenoxy) is 1. The Morgan fingerprint density at radius 2 is 2.29 bits per heavy atom. The highest BCUT2D eigenvalue weighted by molar-refractivity contribution is 6.67. The molecule has 0 aliphatic rings. The summed E-state index contributed by atoms with van der Waals surface area (Å²) in [6.45, 7) is 0.848. The van der Waals surface area contributed by atoms with Gasteiger partial charge in [-0.3, -0.25) is 20.3 Å². The second-order valence-electron chi connectivity index (χ2n) is 4.55. The molecule has 1 heterocycles. The monoisotopic (exact) mass is 364 g/mol. The number of nitrogens with one attached hydrogen (secondary N) is 1. The summed E-state index contributed by atoms with van der Waals surface area (Å²) in [6, 6.07) is 2.25. The van der Waals surface area contributed by atoms with E-state index in [0.717, 1.165) is 4.90 Å². The Morgan fingerprint density at radius 1 is 1.58 bits per heavy atom. The lowest BCUT2D eigenvalue weighted by molar-refractivity contribution is -0.141. The molecule has 0 spiro atoms. The van der Waals surface area contributed by atoms with E-state index in [2.05, 4.69) is 14.7 Å². The maximum absolute atomic E-state index is 12.1. The van der Waals surface area contributed by atoms with E-state index in [-0.39, 0.29) is 6.54 Å². The summed E-state index contributed by atoms with van der Waals surface area (Å²) in [5, 5.41) is 7.13. The van der Waals surface area contributed by atoms with E-state index < -0.39 is 36.5 Å². The van der Waals surface area contributed by atoms with Crippen molar-refractivity contribution in [2.75, 3.05) is 13.2 Å². The normalized spacial score (nSPS) is 12.9. The van der Waals surface area contributed by atoms with Crippen molar-refractivity contribution in [3.8, 4) is 0 Å². The Labute approximate surface area is 141 Å². The van der Waals surface area contributed by atoms with Crippen LogP contribution in [0.3, 0.4) is 0 Å². The highest BCUT2D eigenvalue weighted by atomic mass is 35.5. The molecule has 1 atom stereocenters. The zero-order valence-corrected chi connectivity index (χ0v) is 13.5. The average Bonchev–Trinajstić information content (AvgIpc) is 2.50. The second kappa shape index (κ2) is 9.21. The van der Waals surface area contributed by atoms with Gasteiger partial charge in [0.15, 0.2) is 0 Å². The predicted molar refractivity (Wildman–Crippen MR) is 84.2 cm³/mol. The van der Waals surface area contributed by atoms with Crippen LogP contribution in [0.1, 0.15) is 13.3 Å². The fourth-order valence-electron chi connectivity index (χ4n) is 1.65. The second-order valence-corrected chi connectivity index (χ2v) is 4.95. The third-order valence-corrected chi connectivity index (χ3v) is 3.02. The van der Waals surface area contributed by atoms with E-state index in [1.165, 1.54) is 12.4 Å². The topological polar surface area (TPSA) is 78.6 Å². The van der Waals surface area contributed by atoms with E-state index in [1.807, 2.05) is 0 Å². The minimum Gasteiger partial charge on any atom is -0.449 e. The van der Waals surface area contributed by atoms with Gasteiger partial charge in [-0.25, -0.2) is 4.79 Å². The Bertz CT molecular complexity index is 581. The van der Waals surface area contributed by atoms with Crippen LogP contribution in [0.5, 0.6) is 0 Å². The van der Waals surface area contributed by atoms with Gasteiger partial charge in [0.1, 0.15) is 17.8 Å². The Hall–Kier alpha value is -2.16. The number of aromatic nitrogens is 1. The van der Waals surface area contributed by atoms with Crippen LogP contribution in [0, 0.1) is 5.41 Å². The van der Waals surface area contributed by atoms with Crippen LogP contribution in [0.25, 0.3) is 0 Å². The lowest BCUT2D eigenvalue weighted by atomic mass is 10.3. The van der Waals surface area contributed by atoms with Gasteiger partial charge in [-0.05, 0) is 19.1 Å². The van der Waals surface area contributed by atoms with Gasteiger partial charge in [-0.15, -0.1) is 0 Å². The quantitative estimate of drug-likeness (QED) is 0.748. The van der Waals surface area contributed by atoms with Gasteiger partial charge in [-0.2, -0.15) is 13.2 Å². The molecule has 1 rings (SSSR count). The maximum atomic E-state index is 12.1. The summed E-state index contributed by atoms with van der Waals surface area (Å²) in [6.07, 6.45) is -2.42. The van der Waals surface area contributed by atoms with Crippen LogP contribution in [0.4, 0.5) is 23.7 Å². The van der Waals surface area contributed by atoms with Crippen LogP contribution in [-0.2, 0) is 4.74 Å². The van der Waals surface area contributed by atoms with Crippen molar-refractivity contribution in [3.05, 3.63) is 24.5 Å². The van der Waals surface area contributed by atoms with E-state index in [9.17, 15) is 18.0 Å². The molecule has 0 saturated carbocycles. The predicted octanol–water partition coefficient (Wildman–Crippen LogP) is 3.78. The summed E-state index contributed by atoms with van der Waals surface area (Å²) in [7, 11) is 0. The van der Waals surface area contributed by atoms with Crippen LogP contribution in [0.2, 0.25) is 0 Å². The molecule has 0 bridgehead atoms. The molecular formula is C14H16ClF3N4O2. The third-order valence-electron chi connectivity index (χ3n) is 2.79. The third kappa shape index (κ3) is 6.95. The van der Waals surface area contributed by atoms with Crippen molar-refractivity contribution in [1.29, 1.82) is 5.41 Å². The molecule has 1 unspecified atom stereocenters. The van der Waals surface area contributed by atoms with Crippen LogP contribution in [-0.4, -0.2) is 52.7 Å². The molecule has 0 fully saturated rings. The fourth-order valence-corrected chi connectivity index (χ4v) is 1.82. The van der Waals surface area contributed by atoms with Crippen LogP contribution in [0.15, 0.2) is 29.5 Å². The van der Waals surface area contributed by atoms with E-state index in [4.69, 9.17) is 17.0 Å². The zero-order valence-electron chi connectivity index (χ0n) is 12.8. The number of amides is 1. The average molecular weight is 365 g/mol. The lowest BCUT2D eigenvalue weighted by Gasteiger charge is -2.26. The molecule has 0 aliphatic carbocycles. The molecule has 10 heteroatoms. The van der Waals surface area contributed by atoms with Crippen molar-refractivity contribution in [3.63, 3.8) is 0 Å². The van der Waals surface area contributed by atoms with Crippen molar-refractivity contribution < 1.29 is 22.7 Å². The highest BCUT2D eigenvalue weighted by Gasteiger charge is 2.29. The smallest absolute Gasteiger partial charge is 0.410 e. The highest BCUT2D eigenvalue weighted by Crippen LogP contribution is 2.19. The number of aliphatic imine (C=N–C) groups is 1. The molecule has 0 aromatic carbocycles. The largest absolute Gasteiger partial charge is 0.449 e. The number of pyridine rings is 1. The molecule has 0 saturated heterocycles. The standard InChI is InChI=1S/C14H16ClF3N4O2/c1-2-22(13(23)24-7-5-14(16,17)18)11(12(15)19)9-21-10-4-3-6-20-8-10/h3-4,6,8-9,11,19H,2,5,7H2,1H3. The van der Waals surface area contributed by atoms with Gasteiger partial charge in [0.05, 0.1) is 18.3 Å². The molecule has 1 aromatic rings. The van der Waals surface area contributed by atoms with E-state index in [1.54, 1.807) is 25.3 Å². The molecular weight excluding hydrogens is 349 g/mol. The van der Waals surface area contributed by atoms with Crippen molar-refractivity contribution in [2.24, 2.45) is 4.99 Å². The summed E-state index contributed by atoms with van der Waals surface area (Å²) in [4.78, 5) is 20.8. The number of carbonyl (C=O) groups excluding carboxylic acids is 1. The summed E-state index contributed by atoms with van der Waals surface area (Å²) < 4.78 is 40.9. The number of halogens is 4. The minimum atomic E-state index is -4.42. The number of hydrogen-bond acceptors (Lipinski definition) is 5. The summed E-state index contributed by atoms with van der Waals surface area (Å²) in [5.41, 5.74) is 0.474. The maximum Gasteiger partial charge on any atom is 0.410 e. The Kier molecular flexibility index (Phi) is 7.63. The van der Waals surface area contributed by atoms with E-state index in [0.29, 0.717) is 5.69 Å². The molecule has 1 N–H and O–H groups in total. The molecule has 24 heavy (non-hydrogen) atoms. The molecule has 0 radical (unpaired) electrons. The fraction of sp³-hybridized carbons (Fsp3) is 0.429. The molecule has 6 nitrogen and oxygen atoms in total. The number of carbonyl (C=O) groups is 1. The Morgan fingerprint density at radius 3 is 2.79 bits per heavy atom. The number of rotatable bonds is 7. The molecule has 132 valence electrons. The van der Waals surface area contributed by atoms with Crippen LogP contribution < -0.4 is 0 Å². The Balaban J connectivity index is 2.78. The van der Waals surface area contributed by atoms with Crippen molar-refractivity contribution in [1.82, 2.24) is 9.88 Å². The van der Waals surface area contributed by atoms with Gasteiger partial charge >= 0.3 is 12.3 Å². The first-order chi connectivity index (χ1) is 11.2. The van der Waals surface area contributed by atoms with E-state index >= 15 is 0 Å². The van der Waals surface area contributed by atoms with Gasteiger partial charge < -0.3 is 4.74 Å². The summed E-state index contributed by atoms with van der Waals surface area (Å²) >= 11 is 5.68. The molecule has 1 aromatic heterocycles. The van der Waals surface area contributed by atoms with Gasteiger partial charge in [0.2, 0.25) is 0 Å². The number of hydrogen-bond donors (Lipinski definition) is 1. The zero-order chi connectivity index (χ0) is 18.2. The summed E-state index contributed by atoms with van der Waals surface area (Å²) in [5.74, 6) is 0. The first-order valence-electron chi connectivity index (χ1n) is 6.93. The molecule has 1 amide bonds. The van der Waals surface area contributed by atoms with Gasteiger partial charge in [0.25, 0.3) is 0 Å². The molecule has 0 aliphatic heterocycles. The SMILES string of the molecule is CCN(C(=O)OCCC(F)(F)F)C(C=Nc1cccnc1)C(=N)Cl.